The van der Waals surface area contributed by atoms with Gasteiger partial charge in [0.25, 0.3) is 0 Å². The molecular formula is C13H22O2. The second kappa shape index (κ2) is 4.46. The zero-order valence-electron chi connectivity index (χ0n) is 10.3. The van der Waals surface area contributed by atoms with Gasteiger partial charge in [0.2, 0.25) is 0 Å². The van der Waals surface area contributed by atoms with Gasteiger partial charge in [-0.05, 0) is 26.2 Å². The SMILES string of the molecule is CC(=O)C(C)(C)C[C@H]1CCC[C@H](C)C1=O. The number of Topliss-reactive ketones (excluding diaryl/α,β-unsaturated/α-hetero) is 2. The van der Waals surface area contributed by atoms with Crippen molar-refractivity contribution < 1.29 is 9.59 Å². The van der Waals surface area contributed by atoms with Crippen molar-refractivity contribution >= 4 is 11.6 Å². The molecule has 0 heterocycles. The molecule has 0 N–H and O–H groups in total. The molecule has 0 aromatic heterocycles. The van der Waals surface area contributed by atoms with E-state index in [4.69, 9.17) is 0 Å². The van der Waals surface area contributed by atoms with Gasteiger partial charge in [0.05, 0.1) is 0 Å². The molecule has 0 saturated heterocycles. The maximum absolute atomic E-state index is 11.9. The number of carbonyl (C=O) groups excluding carboxylic acids is 2. The number of carbonyl (C=O) groups is 2. The molecule has 0 aromatic carbocycles. The molecule has 0 spiro atoms. The third kappa shape index (κ3) is 2.90. The summed E-state index contributed by atoms with van der Waals surface area (Å²) < 4.78 is 0. The van der Waals surface area contributed by atoms with Crippen molar-refractivity contribution in [3.05, 3.63) is 0 Å². The van der Waals surface area contributed by atoms with Crippen LogP contribution < -0.4 is 0 Å². The Kier molecular flexibility index (Phi) is 3.69. The summed E-state index contributed by atoms with van der Waals surface area (Å²) in [5.74, 6) is 0.878. The van der Waals surface area contributed by atoms with Gasteiger partial charge in [-0.15, -0.1) is 0 Å². The summed E-state index contributed by atoms with van der Waals surface area (Å²) in [5, 5.41) is 0. The zero-order chi connectivity index (χ0) is 11.6. The minimum atomic E-state index is -0.336. The van der Waals surface area contributed by atoms with Crippen LogP contribution in [0.1, 0.15) is 53.4 Å². The van der Waals surface area contributed by atoms with Crippen molar-refractivity contribution in [2.45, 2.75) is 53.4 Å². The van der Waals surface area contributed by atoms with E-state index in [2.05, 4.69) is 0 Å². The summed E-state index contributed by atoms with van der Waals surface area (Å²) in [7, 11) is 0. The van der Waals surface area contributed by atoms with Gasteiger partial charge in [-0.2, -0.15) is 0 Å². The van der Waals surface area contributed by atoms with Gasteiger partial charge in [-0.3, -0.25) is 9.59 Å². The van der Waals surface area contributed by atoms with Gasteiger partial charge in [-0.1, -0.05) is 27.2 Å². The van der Waals surface area contributed by atoms with Crippen LogP contribution in [0.2, 0.25) is 0 Å². The average Bonchev–Trinajstić information content (AvgIpc) is 2.12. The summed E-state index contributed by atoms with van der Waals surface area (Å²) in [5.41, 5.74) is -0.336. The number of rotatable bonds is 3. The van der Waals surface area contributed by atoms with E-state index in [1.54, 1.807) is 6.92 Å². The van der Waals surface area contributed by atoms with Gasteiger partial charge < -0.3 is 0 Å². The molecule has 0 bridgehead atoms. The maximum Gasteiger partial charge on any atom is 0.138 e. The maximum atomic E-state index is 11.9. The molecule has 1 rings (SSSR count). The smallest absolute Gasteiger partial charge is 0.138 e. The van der Waals surface area contributed by atoms with E-state index >= 15 is 0 Å². The molecule has 0 unspecified atom stereocenters. The van der Waals surface area contributed by atoms with Gasteiger partial charge in [0, 0.05) is 17.3 Å². The Morgan fingerprint density at radius 1 is 1.40 bits per heavy atom. The van der Waals surface area contributed by atoms with Crippen LogP contribution in [-0.4, -0.2) is 11.6 Å². The first-order chi connectivity index (χ1) is 6.84. The van der Waals surface area contributed by atoms with Crippen LogP contribution in [0.25, 0.3) is 0 Å². The fraction of sp³-hybridized carbons (Fsp3) is 0.846. The van der Waals surface area contributed by atoms with Crippen molar-refractivity contribution in [2.24, 2.45) is 17.3 Å². The van der Waals surface area contributed by atoms with Crippen LogP contribution in [0.5, 0.6) is 0 Å². The standard InChI is InChI=1S/C13H22O2/c1-9-6-5-7-11(12(9)15)8-13(3,4)10(2)14/h9,11H,5-8H2,1-4H3/t9-,11+/m0/s1. The lowest BCUT2D eigenvalue weighted by Gasteiger charge is -2.31. The molecule has 1 aliphatic rings. The number of hydrogen-bond donors (Lipinski definition) is 0. The first-order valence-corrected chi connectivity index (χ1v) is 5.89. The molecule has 1 aliphatic carbocycles. The highest BCUT2D eigenvalue weighted by molar-refractivity contribution is 5.86. The van der Waals surface area contributed by atoms with E-state index < -0.39 is 0 Å². The fourth-order valence-electron chi connectivity index (χ4n) is 2.32. The van der Waals surface area contributed by atoms with Crippen LogP contribution in [0.4, 0.5) is 0 Å². The first kappa shape index (κ1) is 12.4. The number of hydrogen-bond acceptors (Lipinski definition) is 2. The van der Waals surface area contributed by atoms with E-state index in [1.165, 1.54) is 0 Å². The molecular weight excluding hydrogens is 188 g/mol. The minimum Gasteiger partial charge on any atom is -0.299 e. The first-order valence-electron chi connectivity index (χ1n) is 5.89. The lowest BCUT2D eigenvalue weighted by atomic mass is 9.71. The predicted octanol–water partition coefficient (Wildman–Crippen LogP) is 3.00. The van der Waals surface area contributed by atoms with Gasteiger partial charge in [0.1, 0.15) is 11.6 Å². The van der Waals surface area contributed by atoms with Crippen molar-refractivity contribution in [3.8, 4) is 0 Å². The third-order valence-electron chi connectivity index (χ3n) is 3.79. The molecule has 86 valence electrons. The quantitative estimate of drug-likeness (QED) is 0.717. The third-order valence-corrected chi connectivity index (χ3v) is 3.79. The lowest BCUT2D eigenvalue weighted by molar-refractivity contribution is -0.132. The van der Waals surface area contributed by atoms with E-state index in [0.717, 1.165) is 25.7 Å². The van der Waals surface area contributed by atoms with Crippen LogP contribution in [0.15, 0.2) is 0 Å². The van der Waals surface area contributed by atoms with Crippen LogP contribution in [-0.2, 0) is 9.59 Å². The second-order valence-electron chi connectivity index (χ2n) is 5.58. The molecule has 15 heavy (non-hydrogen) atoms. The summed E-state index contributed by atoms with van der Waals surface area (Å²) in [6.07, 6.45) is 3.85. The topological polar surface area (TPSA) is 34.1 Å². The highest BCUT2D eigenvalue weighted by Crippen LogP contribution is 2.35. The Morgan fingerprint density at radius 3 is 2.53 bits per heavy atom. The van der Waals surface area contributed by atoms with Gasteiger partial charge >= 0.3 is 0 Å². The molecule has 0 aromatic rings. The summed E-state index contributed by atoms with van der Waals surface area (Å²) in [6.45, 7) is 7.52. The van der Waals surface area contributed by atoms with Gasteiger partial charge in [-0.25, -0.2) is 0 Å². The van der Waals surface area contributed by atoms with Crippen LogP contribution in [0.3, 0.4) is 0 Å². The van der Waals surface area contributed by atoms with Crippen LogP contribution in [0, 0.1) is 17.3 Å². The summed E-state index contributed by atoms with van der Waals surface area (Å²) >= 11 is 0. The number of ketones is 2. The molecule has 0 amide bonds. The second-order valence-corrected chi connectivity index (χ2v) is 5.58. The molecule has 0 aliphatic heterocycles. The highest BCUT2D eigenvalue weighted by atomic mass is 16.1. The monoisotopic (exact) mass is 210 g/mol. The minimum absolute atomic E-state index is 0.118. The predicted molar refractivity (Wildman–Crippen MR) is 60.6 cm³/mol. The molecule has 2 atom stereocenters. The Morgan fingerprint density at radius 2 is 2.00 bits per heavy atom. The molecule has 2 heteroatoms. The van der Waals surface area contributed by atoms with Crippen LogP contribution >= 0.6 is 0 Å². The largest absolute Gasteiger partial charge is 0.299 e. The average molecular weight is 210 g/mol. The Bertz CT molecular complexity index is 266. The molecule has 2 nitrogen and oxygen atoms in total. The zero-order valence-corrected chi connectivity index (χ0v) is 10.3. The van der Waals surface area contributed by atoms with E-state index in [1.807, 2.05) is 20.8 Å². The van der Waals surface area contributed by atoms with Crippen molar-refractivity contribution in [1.82, 2.24) is 0 Å². The van der Waals surface area contributed by atoms with E-state index in [9.17, 15) is 9.59 Å². The Balaban J connectivity index is 2.65. The fourth-order valence-corrected chi connectivity index (χ4v) is 2.32. The highest BCUT2D eigenvalue weighted by Gasteiger charge is 2.34. The van der Waals surface area contributed by atoms with Crippen molar-refractivity contribution in [1.29, 1.82) is 0 Å². The summed E-state index contributed by atoms with van der Waals surface area (Å²) in [6, 6.07) is 0. The molecule has 1 saturated carbocycles. The molecule has 1 fully saturated rings. The normalized spacial score (nSPS) is 27.9. The lowest BCUT2D eigenvalue weighted by Crippen LogP contribution is -2.33. The molecule has 0 radical (unpaired) electrons. The van der Waals surface area contributed by atoms with E-state index in [0.29, 0.717) is 5.78 Å². The Labute approximate surface area is 92.4 Å². The van der Waals surface area contributed by atoms with Crippen molar-refractivity contribution in [2.75, 3.05) is 0 Å². The van der Waals surface area contributed by atoms with Crippen molar-refractivity contribution in [3.63, 3.8) is 0 Å². The Hall–Kier alpha value is -0.660. The van der Waals surface area contributed by atoms with E-state index in [-0.39, 0.29) is 23.0 Å². The van der Waals surface area contributed by atoms with Gasteiger partial charge in [0.15, 0.2) is 0 Å². The summed E-state index contributed by atoms with van der Waals surface area (Å²) in [4.78, 5) is 23.3.